The molecule has 2 heterocycles. The number of H-pyrrole nitrogens is 1. The van der Waals surface area contributed by atoms with Gasteiger partial charge in [-0.15, -0.1) is 0 Å². The lowest BCUT2D eigenvalue weighted by Crippen LogP contribution is -2.30. The van der Waals surface area contributed by atoms with Crippen LogP contribution in [0.5, 0.6) is 0 Å². The number of nitrogens with one attached hydrogen (secondary N) is 1. The van der Waals surface area contributed by atoms with E-state index in [0.717, 1.165) is 24.6 Å². The van der Waals surface area contributed by atoms with Crippen molar-refractivity contribution in [1.29, 1.82) is 0 Å². The third-order valence-corrected chi connectivity index (χ3v) is 3.39. The summed E-state index contributed by atoms with van der Waals surface area (Å²) >= 11 is 0. The molecule has 0 amide bonds. The summed E-state index contributed by atoms with van der Waals surface area (Å²) in [5.41, 5.74) is 1.59. The number of hydrogen-bond acceptors (Lipinski definition) is 3. The first kappa shape index (κ1) is 11.1. The number of imidazole rings is 1. The molecule has 1 aromatic carbocycles. The van der Waals surface area contributed by atoms with Crippen molar-refractivity contribution in [2.24, 2.45) is 0 Å². The third-order valence-electron chi connectivity index (χ3n) is 3.39. The summed E-state index contributed by atoms with van der Waals surface area (Å²) < 4.78 is 0. The minimum absolute atomic E-state index is 0.256. The Labute approximate surface area is 104 Å². The maximum atomic E-state index is 11.1. The molecule has 0 saturated carbocycles. The minimum atomic E-state index is -0.933. The molecule has 0 atom stereocenters. The SMILES string of the molecule is O=C(O)c1cccc2[nH]c(N3CCCCC3)nc12. The molecule has 94 valence electrons. The number of hydrogen-bond donors (Lipinski definition) is 2. The smallest absolute Gasteiger partial charge is 0.337 e. The Morgan fingerprint density at radius 2 is 2.06 bits per heavy atom. The lowest BCUT2D eigenvalue weighted by molar-refractivity contribution is 0.0699. The van der Waals surface area contributed by atoms with Crippen LogP contribution >= 0.6 is 0 Å². The normalized spacial score (nSPS) is 16.1. The van der Waals surface area contributed by atoms with Crippen LogP contribution in [-0.4, -0.2) is 34.1 Å². The van der Waals surface area contributed by atoms with Gasteiger partial charge in [-0.05, 0) is 31.4 Å². The molecule has 1 aliphatic rings. The number of fused-ring (bicyclic) bond motifs is 1. The molecule has 1 saturated heterocycles. The van der Waals surface area contributed by atoms with Crippen molar-refractivity contribution in [1.82, 2.24) is 9.97 Å². The second-order valence-corrected chi connectivity index (χ2v) is 4.62. The first-order valence-corrected chi connectivity index (χ1v) is 6.23. The molecule has 1 aromatic heterocycles. The van der Waals surface area contributed by atoms with Gasteiger partial charge >= 0.3 is 5.97 Å². The summed E-state index contributed by atoms with van der Waals surface area (Å²) in [6.07, 6.45) is 3.60. The zero-order valence-electron chi connectivity index (χ0n) is 10.0. The van der Waals surface area contributed by atoms with Gasteiger partial charge in [-0.3, -0.25) is 0 Å². The fourth-order valence-electron chi connectivity index (χ4n) is 2.45. The highest BCUT2D eigenvalue weighted by Crippen LogP contribution is 2.23. The number of aromatic amines is 1. The molecule has 1 aliphatic heterocycles. The lowest BCUT2D eigenvalue weighted by atomic mass is 10.1. The van der Waals surface area contributed by atoms with Crippen molar-refractivity contribution >= 4 is 23.0 Å². The molecule has 3 rings (SSSR count). The summed E-state index contributed by atoms with van der Waals surface area (Å²) in [5.74, 6) is -0.143. The third kappa shape index (κ3) is 1.81. The van der Waals surface area contributed by atoms with Crippen LogP contribution in [0.1, 0.15) is 29.6 Å². The van der Waals surface area contributed by atoms with Crippen LogP contribution in [0, 0.1) is 0 Å². The summed E-state index contributed by atoms with van der Waals surface area (Å²) in [5, 5.41) is 9.13. The molecule has 18 heavy (non-hydrogen) atoms. The van der Waals surface area contributed by atoms with Crippen LogP contribution in [0.15, 0.2) is 18.2 Å². The van der Waals surface area contributed by atoms with E-state index < -0.39 is 5.97 Å². The van der Waals surface area contributed by atoms with Gasteiger partial charge in [0.05, 0.1) is 11.1 Å². The van der Waals surface area contributed by atoms with Crippen molar-refractivity contribution < 1.29 is 9.90 Å². The Morgan fingerprint density at radius 1 is 1.28 bits per heavy atom. The number of carbonyl (C=O) groups is 1. The number of rotatable bonds is 2. The summed E-state index contributed by atoms with van der Waals surface area (Å²) in [7, 11) is 0. The van der Waals surface area contributed by atoms with Crippen molar-refractivity contribution in [3.8, 4) is 0 Å². The molecule has 5 heteroatoms. The van der Waals surface area contributed by atoms with Gasteiger partial charge in [0, 0.05) is 13.1 Å². The quantitative estimate of drug-likeness (QED) is 0.851. The van der Waals surface area contributed by atoms with E-state index in [1.807, 2.05) is 6.07 Å². The first-order valence-electron chi connectivity index (χ1n) is 6.23. The highest BCUT2D eigenvalue weighted by atomic mass is 16.4. The van der Waals surface area contributed by atoms with Crippen molar-refractivity contribution in [3.05, 3.63) is 23.8 Å². The van der Waals surface area contributed by atoms with Gasteiger partial charge in [-0.25, -0.2) is 9.78 Å². The summed E-state index contributed by atoms with van der Waals surface area (Å²) in [4.78, 5) is 21.0. The van der Waals surface area contributed by atoms with Gasteiger partial charge in [0.15, 0.2) is 0 Å². The molecule has 0 aliphatic carbocycles. The molecule has 2 aromatic rings. The van der Waals surface area contributed by atoms with E-state index in [4.69, 9.17) is 5.11 Å². The highest BCUT2D eigenvalue weighted by molar-refractivity contribution is 6.01. The average Bonchev–Trinajstić information content (AvgIpc) is 2.83. The van der Waals surface area contributed by atoms with Gasteiger partial charge in [0.2, 0.25) is 5.95 Å². The zero-order valence-corrected chi connectivity index (χ0v) is 10.0. The molecule has 0 unspecified atom stereocenters. The molecular weight excluding hydrogens is 230 g/mol. The Kier molecular flexibility index (Phi) is 2.66. The summed E-state index contributed by atoms with van der Waals surface area (Å²) in [6, 6.07) is 5.19. The van der Waals surface area contributed by atoms with Gasteiger partial charge in [0.25, 0.3) is 0 Å². The Hall–Kier alpha value is -2.04. The number of benzene rings is 1. The van der Waals surface area contributed by atoms with Crippen LogP contribution in [-0.2, 0) is 0 Å². The van der Waals surface area contributed by atoms with Gasteiger partial charge < -0.3 is 15.0 Å². The monoisotopic (exact) mass is 245 g/mol. The Morgan fingerprint density at radius 3 is 2.78 bits per heavy atom. The number of nitrogens with zero attached hydrogens (tertiary/aromatic N) is 2. The maximum Gasteiger partial charge on any atom is 0.337 e. The van der Waals surface area contributed by atoms with E-state index in [-0.39, 0.29) is 5.56 Å². The fourth-order valence-corrected chi connectivity index (χ4v) is 2.45. The van der Waals surface area contributed by atoms with Crippen LogP contribution in [0.3, 0.4) is 0 Å². The van der Waals surface area contributed by atoms with Gasteiger partial charge in [0.1, 0.15) is 5.52 Å². The van der Waals surface area contributed by atoms with E-state index in [2.05, 4.69) is 14.9 Å². The van der Waals surface area contributed by atoms with E-state index in [0.29, 0.717) is 5.52 Å². The first-order chi connectivity index (χ1) is 8.75. The van der Waals surface area contributed by atoms with E-state index in [9.17, 15) is 4.79 Å². The number of carboxylic acids is 1. The number of aromatic nitrogens is 2. The van der Waals surface area contributed by atoms with Gasteiger partial charge in [-0.2, -0.15) is 0 Å². The van der Waals surface area contributed by atoms with Crippen molar-refractivity contribution in [2.75, 3.05) is 18.0 Å². The van der Waals surface area contributed by atoms with E-state index >= 15 is 0 Å². The standard InChI is InChI=1S/C13H15N3O2/c17-12(18)9-5-4-6-10-11(9)15-13(14-10)16-7-2-1-3-8-16/h4-6H,1-3,7-8H2,(H,14,15)(H,17,18). The van der Waals surface area contributed by atoms with Crippen LogP contribution in [0.4, 0.5) is 5.95 Å². The number of para-hydroxylation sites is 1. The second-order valence-electron chi connectivity index (χ2n) is 4.62. The molecule has 0 bridgehead atoms. The predicted molar refractivity (Wildman–Crippen MR) is 69.1 cm³/mol. The number of anilines is 1. The van der Waals surface area contributed by atoms with Crippen molar-refractivity contribution in [3.63, 3.8) is 0 Å². The second kappa shape index (κ2) is 4.33. The maximum absolute atomic E-state index is 11.1. The molecule has 1 fully saturated rings. The molecule has 2 N–H and O–H groups in total. The topological polar surface area (TPSA) is 69.2 Å². The van der Waals surface area contributed by atoms with Crippen LogP contribution < -0.4 is 4.90 Å². The summed E-state index contributed by atoms with van der Waals surface area (Å²) in [6.45, 7) is 1.98. The molecule has 5 nitrogen and oxygen atoms in total. The van der Waals surface area contributed by atoms with E-state index in [1.165, 1.54) is 19.3 Å². The highest BCUT2D eigenvalue weighted by Gasteiger charge is 2.17. The Balaban J connectivity index is 2.04. The Bertz CT molecular complexity index is 585. The van der Waals surface area contributed by atoms with E-state index in [1.54, 1.807) is 12.1 Å². The number of aromatic carboxylic acids is 1. The van der Waals surface area contributed by atoms with Crippen molar-refractivity contribution in [2.45, 2.75) is 19.3 Å². The molecule has 0 radical (unpaired) electrons. The zero-order chi connectivity index (χ0) is 12.5. The fraction of sp³-hybridized carbons (Fsp3) is 0.385. The number of piperidine rings is 1. The average molecular weight is 245 g/mol. The minimum Gasteiger partial charge on any atom is -0.478 e. The van der Waals surface area contributed by atoms with Crippen LogP contribution in [0.25, 0.3) is 11.0 Å². The van der Waals surface area contributed by atoms with Gasteiger partial charge in [-0.1, -0.05) is 6.07 Å². The lowest BCUT2D eigenvalue weighted by Gasteiger charge is -2.25. The molecular formula is C13H15N3O2. The van der Waals surface area contributed by atoms with Crippen LogP contribution in [0.2, 0.25) is 0 Å². The predicted octanol–water partition coefficient (Wildman–Crippen LogP) is 2.25. The molecule has 0 spiro atoms. The largest absolute Gasteiger partial charge is 0.478 e. The number of carboxylic acid groups (broad SMARTS) is 1.